The third kappa shape index (κ3) is 9.25. The molecule has 2 N–H and O–H groups in total. The first kappa shape index (κ1) is 26.9. The molecule has 1 nitrogen and oxygen atoms in total. The van der Waals surface area contributed by atoms with Gasteiger partial charge in [0, 0.05) is 23.6 Å². The Bertz CT molecular complexity index is 798. The van der Waals surface area contributed by atoms with E-state index < -0.39 is 5.92 Å². The Balaban J connectivity index is 2.85. The van der Waals surface area contributed by atoms with E-state index in [0.717, 1.165) is 55.0 Å². The van der Waals surface area contributed by atoms with Gasteiger partial charge in [0.2, 0.25) is 0 Å². The fourth-order valence-corrected chi connectivity index (χ4v) is 3.40. The number of alkyl halides is 2. The summed E-state index contributed by atoms with van der Waals surface area (Å²) in [7, 11) is 0. The quantitative estimate of drug-likeness (QED) is 0.201. The predicted molar refractivity (Wildman–Crippen MR) is 131 cm³/mol. The maximum absolute atomic E-state index is 13.5. The first-order valence-electron chi connectivity index (χ1n) is 11.4. The smallest absolute Gasteiger partial charge is 0.270 e. The minimum atomic E-state index is -2.82. The molecule has 172 valence electrons. The topological polar surface area (TPSA) is 26.0 Å². The van der Waals surface area contributed by atoms with Crippen molar-refractivity contribution in [2.24, 2.45) is 5.73 Å². The van der Waals surface area contributed by atoms with Crippen molar-refractivity contribution in [3.8, 4) is 0 Å². The van der Waals surface area contributed by atoms with E-state index in [4.69, 9.17) is 5.73 Å². The van der Waals surface area contributed by atoms with E-state index in [2.05, 4.69) is 59.4 Å². The van der Waals surface area contributed by atoms with Crippen LogP contribution in [0.1, 0.15) is 91.2 Å². The van der Waals surface area contributed by atoms with Gasteiger partial charge in [-0.05, 0) is 57.1 Å². The minimum Gasteiger partial charge on any atom is -0.399 e. The molecule has 0 aliphatic rings. The molecule has 1 aromatic carbocycles. The molecule has 0 saturated heterocycles. The SMILES string of the molecule is C=C(CCCC)CCC/C=C(/N)C(/C=C/C(C)(C)c1ccc(C(C)(F)F)cc1)=C(C)C. The van der Waals surface area contributed by atoms with E-state index in [1.54, 1.807) is 12.1 Å². The third-order valence-electron chi connectivity index (χ3n) is 5.63. The molecule has 0 spiro atoms. The summed E-state index contributed by atoms with van der Waals surface area (Å²) < 4.78 is 27.0. The Morgan fingerprint density at radius 1 is 1.00 bits per heavy atom. The highest BCUT2D eigenvalue weighted by molar-refractivity contribution is 5.43. The lowest BCUT2D eigenvalue weighted by Gasteiger charge is -2.22. The van der Waals surface area contributed by atoms with Crippen molar-refractivity contribution in [1.29, 1.82) is 0 Å². The summed E-state index contributed by atoms with van der Waals surface area (Å²) in [6, 6.07) is 6.58. The van der Waals surface area contributed by atoms with Crippen LogP contribution in [0.25, 0.3) is 0 Å². The molecule has 0 bridgehead atoms. The zero-order valence-corrected chi connectivity index (χ0v) is 20.3. The highest BCUT2D eigenvalue weighted by Crippen LogP contribution is 2.31. The number of rotatable bonds is 12. The Hall–Kier alpha value is -2.16. The predicted octanol–water partition coefficient (Wildman–Crippen LogP) is 8.73. The lowest BCUT2D eigenvalue weighted by Crippen LogP contribution is -2.15. The molecular weight excluding hydrogens is 388 g/mol. The zero-order chi connectivity index (χ0) is 23.7. The van der Waals surface area contributed by atoms with E-state index >= 15 is 0 Å². The van der Waals surface area contributed by atoms with Gasteiger partial charge >= 0.3 is 0 Å². The highest BCUT2D eigenvalue weighted by Gasteiger charge is 2.25. The van der Waals surface area contributed by atoms with Crippen molar-refractivity contribution in [1.82, 2.24) is 0 Å². The molecule has 0 fully saturated rings. The second-order valence-corrected chi connectivity index (χ2v) is 9.34. The van der Waals surface area contributed by atoms with Gasteiger partial charge in [0.05, 0.1) is 0 Å². The van der Waals surface area contributed by atoms with Crippen LogP contribution in [0.2, 0.25) is 0 Å². The van der Waals surface area contributed by atoms with Crippen LogP contribution in [-0.4, -0.2) is 0 Å². The molecule has 0 saturated carbocycles. The van der Waals surface area contributed by atoms with Gasteiger partial charge in [0.15, 0.2) is 0 Å². The van der Waals surface area contributed by atoms with Gasteiger partial charge in [-0.15, -0.1) is 0 Å². The van der Waals surface area contributed by atoms with Crippen molar-refractivity contribution in [2.75, 3.05) is 0 Å². The van der Waals surface area contributed by atoms with Gasteiger partial charge in [-0.25, -0.2) is 8.78 Å². The van der Waals surface area contributed by atoms with Crippen molar-refractivity contribution in [3.05, 3.63) is 82.6 Å². The van der Waals surface area contributed by atoms with E-state index in [1.165, 1.54) is 30.5 Å². The molecule has 0 heterocycles. The van der Waals surface area contributed by atoms with Gasteiger partial charge in [-0.2, -0.15) is 0 Å². The van der Waals surface area contributed by atoms with Crippen molar-refractivity contribution in [3.63, 3.8) is 0 Å². The maximum atomic E-state index is 13.5. The molecule has 31 heavy (non-hydrogen) atoms. The lowest BCUT2D eigenvalue weighted by atomic mass is 9.83. The number of hydrogen-bond donors (Lipinski definition) is 1. The monoisotopic (exact) mass is 429 g/mol. The second-order valence-electron chi connectivity index (χ2n) is 9.34. The van der Waals surface area contributed by atoms with E-state index in [0.29, 0.717) is 0 Å². The normalized spacial score (nSPS) is 13.0. The van der Waals surface area contributed by atoms with Crippen molar-refractivity contribution < 1.29 is 8.78 Å². The van der Waals surface area contributed by atoms with Crippen LogP contribution in [-0.2, 0) is 11.3 Å². The third-order valence-corrected chi connectivity index (χ3v) is 5.63. The van der Waals surface area contributed by atoms with Crippen LogP contribution in [0.3, 0.4) is 0 Å². The van der Waals surface area contributed by atoms with Gasteiger partial charge in [0.25, 0.3) is 5.92 Å². The molecule has 0 aliphatic heterocycles. The first-order valence-corrected chi connectivity index (χ1v) is 11.4. The number of unbranched alkanes of at least 4 members (excludes halogenated alkanes) is 2. The largest absolute Gasteiger partial charge is 0.399 e. The summed E-state index contributed by atoms with van der Waals surface area (Å²) in [5.74, 6) is -2.82. The maximum Gasteiger partial charge on any atom is 0.270 e. The Kier molecular flexibility index (Phi) is 10.4. The summed E-state index contributed by atoms with van der Waals surface area (Å²) in [6.07, 6.45) is 12.8. The molecule has 3 heteroatoms. The fourth-order valence-electron chi connectivity index (χ4n) is 3.40. The lowest BCUT2D eigenvalue weighted by molar-refractivity contribution is 0.0174. The Morgan fingerprint density at radius 3 is 2.06 bits per heavy atom. The highest BCUT2D eigenvalue weighted by atomic mass is 19.3. The fraction of sp³-hybridized carbons (Fsp3) is 0.500. The molecule has 0 radical (unpaired) electrons. The Labute approximate surface area is 188 Å². The summed E-state index contributed by atoms with van der Waals surface area (Å²) in [6.45, 7) is 15.5. The van der Waals surface area contributed by atoms with E-state index in [-0.39, 0.29) is 11.0 Å². The number of allylic oxidation sites excluding steroid dienone is 5. The van der Waals surface area contributed by atoms with E-state index in [1.807, 2.05) is 0 Å². The standard InChI is InChI=1S/C28H41F2N/c1-8-9-12-22(4)13-10-11-14-26(31)25(21(2)3)19-20-27(5,6)23-15-17-24(18-16-23)28(7,29)30/h14-20H,4,8-13,31H2,1-3,5-7H3/b20-19+,26-14+. The summed E-state index contributed by atoms with van der Waals surface area (Å²) in [5.41, 5.74) is 11.4. The van der Waals surface area contributed by atoms with Crippen LogP contribution >= 0.6 is 0 Å². The van der Waals surface area contributed by atoms with Crippen LogP contribution in [0, 0.1) is 0 Å². The van der Waals surface area contributed by atoms with Crippen LogP contribution in [0.15, 0.2) is 71.5 Å². The average Bonchev–Trinajstić information content (AvgIpc) is 2.68. The first-order chi connectivity index (χ1) is 14.4. The molecular formula is C28H41F2N. The number of hydrogen-bond acceptors (Lipinski definition) is 1. The second kappa shape index (κ2) is 12.0. The summed E-state index contributed by atoms with van der Waals surface area (Å²) >= 11 is 0. The van der Waals surface area contributed by atoms with E-state index in [9.17, 15) is 8.78 Å². The summed E-state index contributed by atoms with van der Waals surface area (Å²) in [5, 5.41) is 0. The van der Waals surface area contributed by atoms with Crippen LogP contribution < -0.4 is 5.73 Å². The molecule has 0 unspecified atom stereocenters. The molecule has 0 aromatic heterocycles. The molecule has 0 atom stereocenters. The molecule has 1 rings (SSSR count). The average molecular weight is 430 g/mol. The number of halogens is 2. The zero-order valence-electron chi connectivity index (χ0n) is 20.3. The molecule has 1 aromatic rings. The minimum absolute atomic E-state index is 0.0329. The molecule has 0 aliphatic carbocycles. The van der Waals surface area contributed by atoms with Crippen molar-refractivity contribution in [2.45, 2.75) is 91.4 Å². The van der Waals surface area contributed by atoms with Crippen LogP contribution in [0.5, 0.6) is 0 Å². The van der Waals surface area contributed by atoms with Gasteiger partial charge < -0.3 is 5.73 Å². The van der Waals surface area contributed by atoms with Gasteiger partial charge in [-0.1, -0.05) is 87.4 Å². The van der Waals surface area contributed by atoms with Crippen LogP contribution in [0.4, 0.5) is 8.78 Å². The number of nitrogens with two attached hydrogens (primary N) is 1. The Morgan fingerprint density at radius 2 is 1.55 bits per heavy atom. The number of benzene rings is 1. The molecule has 0 amide bonds. The summed E-state index contributed by atoms with van der Waals surface area (Å²) in [4.78, 5) is 0. The van der Waals surface area contributed by atoms with Crippen molar-refractivity contribution >= 4 is 0 Å². The van der Waals surface area contributed by atoms with Gasteiger partial charge in [-0.3, -0.25) is 0 Å². The van der Waals surface area contributed by atoms with Gasteiger partial charge in [0.1, 0.15) is 0 Å².